The largest absolute Gasteiger partial charge is 0.396 e. The molecule has 3 nitrogen and oxygen atoms in total. The van der Waals surface area contributed by atoms with Gasteiger partial charge in [0.05, 0.1) is 0 Å². The molecule has 1 unspecified atom stereocenters. The third-order valence-electron chi connectivity index (χ3n) is 2.09. The Morgan fingerprint density at radius 3 is 3.08 bits per heavy atom. The Morgan fingerprint density at radius 2 is 2.54 bits per heavy atom. The van der Waals surface area contributed by atoms with Crippen molar-refractivity contribution in [2.75, 3.05) is 18.5 Å². The fraction of sp³-hybridized carbons (Fsp3) is 0.667. The lowest BCUT2D eigenvalue weighted by molar-refractivity contribution is 0.258. The first-order valence-electron chi connectivity index (χ1n) is 4.61. The van der Waals surface area contributed by atoms with E-state index in [4.69, 9.17) is 5.11 Å². The Bertz CT molecular complexity index is 213. The number of aromatic nitrogens is 1. The van der Waals surface area contributed by atoms with Crippen LogP contribution in [0.15, 0.2) is 11.6 Å². The maximum Gasteiger partial charge on any atom is 0.182 e. The quantitative estimate of drug-likeness (QED) is 0.738. The summed E-state index contributed by atoms with van der Waals surface area (Å²) in [5, 5.41) is 15.0. The van der Waals surface area contributed by atoms with Gasteiger partial charge in [0.1, 0.15) is 0 Å². The molecular weight excluding hydrogens is 184 g/mol. The van der Waals surface area contributed by atoms with E-state index in [0.717, 1.165) is 24.5 Å². The van der Waals surface area contributed by atoms with E-state index in [1.54, 1.807) is 17.5 Å². The van der Waals surface area contributed by atoms with Crippen molar-refractivity contribution in [2.24, 2.45) is 5.92 Å². The molecule has 0 saturated carbocycles. The number of thiazole rings is 1. The molecule has 0 bridgehead atoms. The van der Waals surface area contributed by atoms with E-state index in [0.29, 0.717) is 5.92 Å². The highest BCUT2D eigenvalue weighted by molar-refractivity contribution is 7.13. The summed E-state index contributed by atoms with van der Waals surface area (Å²) < 4.78 is 0. The summed E-state index contributed by atoms with van der Waals surface area (Å²) >= 11 is 1.61. The van der Waals surface area contributed by atoms with Crippen LogP contribution in [0.3, 0.4) is 0 Å². The van der Waals surface area contributed by atoms with Gasteiger partial charge in [-0.05, 0) is 12.3 Å². The third-order valence-corrected chi connectivity index (χ3v) is 2.82. The molecule has 2 N–H and O–H groups in total. The maximum absolute atomic E-state index is 8.78. The molecule has 0 aromatic carbocycles. The van der Waals surface area contributed by atoms with Crippen molar-refractivity contribution in [3.05, 3.63) is 11.6 Å². The Kier molecular flexibility index (Phi) is 4.78. The van der Waals surface area contributed by atoms with Gasteiger partial charge in [-0.3, -0.25) is 0 Å². The monoisotopic (exact) mass is 200 g/mol. The molecule has 0 spiro atoms. The van der Waals surface area contributed by atoms with Gasteiger partial charge in [0.15, 0.2) is 5.13 Å². The van der Waals surface area contributed by atoms with Gasteiger partial charge in [-0.25, -0.2) is 4.98 Å². The molecule has 0 radical (unpaired) electrons. The number of aliphatic hydroxyl groups excluding tert-OH is 1. The van der Waals surface area contributed by atoms with Gasteiger partial charge in [0.25, 0.3) is 0 Å². The van der Waals surface area contributed by atoms with Crippen LogP contribution < -0.4 is 5.32 Å². The molecule has 0 saturated heterocycles. The van der Waals surface area contributed by atoms with E-state index >= 15 is 0 Å². The number of nitrogens with one attached hydrogen (secondary N) is 1. The molecule has 1 rings (SSSR count). The lowest BCUT2D eigenvalue weighted by atomic mass is 10.0. The number of rotatable bonds is 6. The van der Waals surface area contributed by atoms with E-state index in [1.165, 1.54) is 0 Å². The number of hydrogen-bond donors (Lipinski definition) is 2. The second-order valence-electron chi connectivity index (χ2n) is 3.00. The lowest BCUT2D eigenvalue weighted by Gasteiger charge is -2.13. The predicted molar refractivity (Wildman–Crippen MR) is 56.1 cm³/mol. The topological polar surface area (TPSA) is 45.1 Å². The van der Waals surface area contributed by atoms with E-state index in [2.05, 4.69) is 17.2 Å². The SMILES string of the molecule is CCC(CCO)CNc1nccs1. The Labute approximate surface area is 82.8 Å². The molecule has 1 atom stereocenters. The van der Waals surface area contributed by atoms with Crippen LogP contribution in [0.1, 0.15) is 19.8 Å². The standard InChI is InChI=1S/C9H16N2OS/c1-2-8(3-5-12)7-11-9-10-4-6-13-9/h4,6,8,12H,2-3,5,7H2,1H3,(H,10,11). The zero-order valence-electron chi connectivity index (χ0n) is 7.86. The summed E-state index contributed by atoms with van der Waals surface area (Å²) in [5.74, 6) is 0.550. The van der Waals surface area contributed by atoms with Crippen LogP contribution >= 0.6 is 11.3 Å². The van der Waals surface area contributed by atoms with Gasteiger partial charge in [-0.15, -0.1) is 11.3 Å². The van der Waals surface area contributed by atoms with Crippen molar-refractivity contribution >= 4 is 16.5 Å². The number of aliphatic hydroxyl groups is 1. The molecule has 1 aromatic heterocycles. The van der Waals surface area contributed by atoms with Crippen LogP contribution in [0.4, 0.5) is 5.13 Å². The average Bonchev–Trinajstić information content (AvgIpc) is 2.64. The number of hydrogen-bond acceptors (Lipinski definition) is 4. The molecule has 0 aliphatic carbocycles. The van der Waals surface area contributed by atoms with E-state index in [1.807, 2.05) is 5.38 Å². The highest BCUT2D eigenvalue weighted by Crippen LogP contribution is 2.13. The first kappa shape index (κ1) is 10.5. The number of anilines is 1. The Morgan fingerprint density at radius 1 is 1.69 bits per heavy atom. The first-order chi connectivity index (χ1) is 6.36. The average molecular weight is 200 g/mol. The van der Waals surface area contributed by atoms with Gasteiger partial charge in [-0.2, -0.15) is 0 Å². The van der Waals surface area contributed by atoms with Crippen molar-refractivity contribution in [3.63, 3.8) is 0 Å². The van der Waals surface area contributed by atoms with Crippen LogP contribution in [0, 0.1) is 5.92 Å². The fourth-order valence-corrected chi connectivity index (χ4v) is 1.71. The summed E-state index contributed by atoms with van der Waals surface area (Å²) in [5.41, 5.74) is 0. The van der Waals surface area contributed by atoms with E-state index in [-0.39, 0.29) is 6.61 Å². The van der Waals surface area contributed by atoms with Crippen molar-refractivity contribution in [3.8, 4) is 0 Å². The van der Waals surface area contributed by atoms with Crippen LogP contribution in [0.25, 0.3) is 0 Å². The molecule has 0 aliphatic rings. The zero-order chi connectivity index (χ0) is 9.52. The highest BCUT2D eigenvalue weighted by Gasteiger charge is 2.05. The fourth-order valence-electron chi connectivity index (χ4n) is 1.18. The van der Waals surface area contributed by atoms with Crippen LogP contribution in [0.5, 0.6) is 0 Å². The lowest BCUT2D eigenvalue weighted by Crippen LogP contribution is -2.14. The van der Waals surface area contributed by atoms with Gasteiger partial charge in [0, 0.05) is 24.7 Å². The van der Waals surface area contributed by atoms with Gasteiger partial charge >= 0.3 is 0 Å². The van der Waals surface area contributed by atoms with Crippen molar-refractivity contribution in [2.45, 2.75) is 19.8 Å². The molecule has 74 valence electrons. The van der Waals surface area contributed by atoms with Crippen molar-refractivity contribution in [1.29, 1.82) is 0 Å². The maximum atomic E-state index is 8.78. The highest BCUT2D eigenvalue weighted by atomic mass is 32.1. The van der Waals surface area contributed by atoms with Crippen LogP contribution in [0.2, 0.25) is 0 Å². The Balaban J connectivity index is 2.23. The second kappa shape index (κ2) is 5.94. The van der Waals surface area contributed by atoms with E-state index in [9.17, 15) is 0 Å². The summed E-state index contributed by atoms with van der Waals surface area (Å²) in [6, 6.07) is 0. The summed E-state index contributed by atoms with van der Waals surface area (Å²) in [4.78, 5) is 4.13. The molecule has 1 heterocycles. The normalized spacial score (nSPS) is 12.8. The second-order valence-corrected chi connectivity index (χ2v) is 3.90. The molecule has 1 aromatic rings. The molecule has 13 heavy (non-hydrogen) atoms. The van der Waals surface area contributed by atoms with Crippen LogP contribution in [-0.2, 0) is 0 Å². The third kappa shape index (κ3) is 3.74. The van der Waals surface area contributed by atoms with E-state index < -0.39 is 0 Å². The van der Waals surface area contributed by atoms with Crippen LogP contribution in [-0.4, -0.2) is 23.2 Å². The first-order valence-corrected chi connectivity index (χ1v) is 5.49. The summed E-state index contributed by atoms with van der Waals surface area (Å²) in [6.07, 6.45) is 3.76. The predicted octanol–water partition coefficient (Wildman–Crippen LogP) is 1.96. The minimum Gasteiger partial charge on any atom is -0.396 e. The minimum atomic E-state index is 0.276. The Hall–Kier alpha value is -0.610. The summed E-state index contributed by atoms with van der Waals surface area (Å²) in [7, 11) is 0. The number of nitrogens with zero attached hydrogens (tertiary/aromatic N) is 1. The van der Waals surface area contributed by atoms with Gasteiger partial charge in [0.2, 0.25) is 0 Å². The molecule has 0 fully saturated rings. The van der Waals surface area contributed by atoms with Gasteiger partial charge < -0.3 is 10.4 Å². The molecular formula is C9H16N2OS. The van der Waals surface area contributed by atoms with Crippen molar-refractivity contribution in [1.82, 2.24) is 4.98 Å². The molecule has 0 amide bonds. The molecule has 0 aliphatic heterocycles. The molecule has 4 heteroatoms. The van der Waals surface area contributed by atoms with Gasteiger partial charge in [-0.1, -0.05) is 13.3 Å². The summed E-state index contributed by atoms with van der Waals surface area (Å²) in [6.45, 7) is 3.33. The zero-order valence-corrected chi connectivity index (χ0v) is 8.68. The van der Waals surface area contributed by atoms with Crippen molar-refractivity contribution < 1.29 is 5.11 Å². The minimum absolute atomic E-state index is 0.276. The smallest absolute Gasteiger partial charge is 0.182 e.